The van der Waals surface area contributed by atoms with Gasteiger partial charge in [0.25, 0.3) is 0 Å². The van der Waals surface area contributed by atoms with Gasteiger partial charge >= 0.3 is 5.97 Å². The highest BCUT2D eigenvalue weighted by Gasteiger charge is 2.45. The second kappa shape index (κ2) is 3.54. The van der Waals surface area contributed by atoms with E-state index in [4.69, 9.17) is 5.73 Å². The summed E-state index contributed by atoms with van der Waals surface area (Å²) in [5, 5.41) is 9.28. The van der Waals surface area contributed by atoms with Crippen LogP contribution in [-0.2, 0) is 10.3 Å². The molecule has 3 nitrogen and oxygen atoms in total. The first kappa shape index (κ1) is 10.5. The summed E-state index contributed by atoms with van der Waals surface area (Å²) in [5.41, 5.74) is 5.55. The Balaban J connectivity index is 2.60. The van der Waals surface area contributed by atoms with Gasteiger partial charge < -0.3 is 10.8 Å². The molecule has 0 saturated heterocycles. The second-order valence-corrected chi connectivity index (χ2v) is 4.94. The van der Waals surface area contributed by atoms with Crippen molar-refractivity contribution in [3.05, 3.63) is 29.8 Å². The highest BCUT2D eigenvalue weighted by Crippen LogP contribution is 2.42. The summed E-state index contributed by atoms with van der Waals surface area (Å²) in [6, 6.07) is 7.48. The van der Waals surface area contributed by atoms with Crippen molar-refractivity contribution in [2.24, 2.45) is 11.7 Å². The minimum atomic E-state index is -1.23. The number of rotatable bonds is 1. The van der Waals surface area contributed by atoms with Crippen molar-refractivity contribution in [1.29, 1.82) is 0 Å². The zero-order chi connectivity index (χ0) is 11.1. The smallest absolute Gasteiger partial charge is 0.328 e. The van der Waals surface area contributed by atoms with E-state index in [1.807, 2.05) is 31.2 Å². The lowest BCUT2D eigenvalue weighted by molar-refractivity contribution is -0.145. The molecule has 0 fully saturated rings. The summed E-state index contributed by atoms with van der Waals surface area (Å²) in [5.74, 6) is -0.252. The number of carbonyl (C=O) groups is 1. The van der Waals surface area contributed by atoms with E-state index in [0.29, 0.717) is 0 Å². The Bertz CT molecular complexity index is 407. The molecule has 1 aromatic carbocycles. The topological polar surface area (TPSA) is 63.3 Å². The van der Waals surface area contributed by atoms with Gasteiger partial charge in [0.1, 0.15) is 5.54 Å². The maximum absolute atomic E-state index is 11.3. The maximum atomic E-state index is 11.3. The molecule has 15 heavy (non-hydrogen) atoms. The number of hydrogen-bond donors (Lipinski definition) is 2. The summed E-state index contributed by atoms with van der Waals surface area (Å²) in [4.78, 5) is 12.3. The molecule has 80 valence electrons. The first-order valence-corrected chi connectivity index (χ1v) is 5.80. The van der Waals surface area contributed by atoms with E-state index in [9.17, 15) is 9.90 Å². The molecular formula is C11H13NO2S. The third-order valence-electron chi connectivity index (χ3n) is 2.95. The molecule has 2 unspecified atom stereocenters. The first-order chi connectivity index (χ1) is 7.06. The molecule has 4 heteroatoms. The highest BCUT2D eigenvalue weighted by atomic mass is 32.2. The number of carboxylic acid groups (broad SMARTS) is 1. The Morgan fingerprint density at radius 1 is 1.60 bits per heavy atom. The third-order valence-corrected chi connectivity index (χ3v) is 4.29. The van der Waals surface area contributed by atoms with Crippen LogP contribution in [0.5, 0.6) is 0 Å². The van der Waals surface area contributed by atoms with E-state index < -0.39 is 11.5 Å². The maximum Gasteiger partial charge on any atom is 0.328 e. The van der Waals surface area contributed by atoms with Gasteiger partial charge in [0.2, 0.25) is 0 Å². The fourth-order valence-electron chi connectivity index (χ4n) is 1.87. The number of carboxylic acids is 1. The fraction of sp³-hybridized carbons (Fsp3) is 0.364. The molecule has 0 aromatic heterocycles. The SMILES string of the molecule is CC1CSc2ccccc2C1(N)C(=O)O. The number of thioether (sulfide) groups is 1. The molecule has 1 aliphatic rings. The predicted molar refractivity (Wildman–Crippen MR) is 59.8 cm³/mol. The molecular weight excluding hydrogens is 210 g/mol. The van der Waals surface area contributed by atoms with Crippen molar-refractivity contribution in [1.82, 2.24) is 0 Å². The molecule has 0 radical (unpaired) electrons. The standard InChI is InChI=1S/C11H13NO2S/c1-7-6-15-9-5-3-2-4-8(9)11(7,12)10(13)14/h2-5,7H,6,12H2,1H3,(H,13,14). The largest absolute Gasteiger partial charge is 0.480 e. The molecule has 3 N–H and O–H groups in total. The lowest BCUT2D eigenvalue weighted by Gasteiger charge is -2.36. The van der Waals surface area contributed by atoms with Crippen LogP contribution in [0.25, 0.3) is 0 Å². The van der Waals surface area contributed by atoms with Crippen LogP contribution >= 0.6 is 11.8 Å². The van der Waals surface area contributed by atoms with Crippen LogP contribution in [-0.4, -0.2) is 16.8 Å². The molecule has 2 rings (SSSR count). The number of aliphatic carboxylic acids is 1. The summed E-state index contributed by atoms with van der Waals surface area (Å²) in [6.45, 7) is 1.89. The van der Waals surface area contributed by atoms with Crippen molar-refractivity contribution >= 4 is 17.7 Å². The summed E-state index contributed by atoms with van der Waals surface area (Å²) in [6.07, 6.45) is 0. The Kier molecular flexibility index (Phi) is 2.48. The molecule has 1 aliphatic heterocycles. The van der Waals surface area contributed by atoms with Gasteiger partial charge in [0.05, 0.1) is 0 Å². The molecule has 1 aromatic rings. The van der Waals surface area contributed by atoms with Crippen LogP contribution in [0, 0.1) is 5.92 Å². The van der Waals surface area contributed by atoms with Crippen LogP contribution in [0.2, 0.25) is 0 Å². The predicted octanol–water partition coefficient (Wildman–Crippen LogP) is 1.67. The van der Waals surface area contributed by atoms with Crippen molar-refractivity contribution in [3.63, 3.8) is 0 Å². The number of nitrogens with two attached hydrogens (primary N) is 1. The highest BCUT2D eigenvalue weighted by molar-refractivity contribution is 7.99. The number of hydrogen-bond acceptors (Lipinski definition) is 3. The van der Waals surface area contributed by atoms with Crippen LogP contribution < -0.4 is 5.73 Å². The van der Waals surface area contributed by atoms with E-state index in [-0.39, 0.29) is 5.92 Å². The molecule has 2 atom stereocenters. The van der Waals surface area contributed by atoms with Crippen molar-refractivity contribution in [2.45, 2.75) is 17.4 Å². The van der Waals surface area contributed by atoms with E-state index in [1.165, 1.54) is 0 Å². The number of benzene rings is 1. The van der Waals surface area contributed by atoms with Crippen molar-refractivity contribution in [3.8, 4) is 0 Å². The van der Waals surface area contributed by atoms with Gasteiger partial charge in [-0.15, -0.1) is 11.8 Å². The Morgan fingerprint density at radius 3 is 2.93 bits per heavy atom. The summed E-state index contributed by atoms with van der Waals surface area (Å²) < 4.78 is 0. The summed E-state index contributed by atoms with van der Waals surface area (Å²) in [7, 11) is 0. The van der Waals surface area contributed by atoms with E-state index >= 15 is 0 Å². The van der Waals surface area contributed by atoms with Crippen LogP contribution in [0.4, 0.5) is 0 Å². The molecule has 0 saturated carbocycles. The quantitative estimate of drug-likeness (QED) is 0.760. The van der Waals surface area contributed by atoms with E-state index in [0.717, 1.165) is 16.2 Å². The third kappa shape index (κ3) is 1.44. The fourth-order valence-corrected chi connectivity index (χ4v) is 3.13. The molecule has 0 spiro atoms. The Morgan fingerprint density at radius 2 is 2.27 bits per heavy atom. The van der Waals surface area contributed by atoms with Gasteiger partial charge in [-0.3, -0.25) is 0 Å². The van der Waals surface area contributed by atoms with Gasteiger partial charge in [-0.05, 0) is 17.5 Å². The normalized spacial score (nSPS) is 29.6. The lowest BCUT2D eigenvalue weighted by atomic mass is 9.80. The minimum Gasteiger partial charge on any atom is -0.480 e. The average Bonchev–Trinajstić information content (AvgIpc) is 2.23. The number of fused-ring (bicyclic) bond motifs is 1. The van der Waals surface area contributed by atoms with E-state index in [2.05, 4.69) is 0 Å². The van der Waals surface area contributed by atoms with Gasteiger partial charge in [-0.1, -0.05) is 25.1 Å². The molecule has 0 amide bonds. The average molecular weight is 223 g/mol. The van der Waals surface area contributed by atoms with Gasteiger partial charge in [-0.2, -0.15) is 0 Å². The van der Waals surface area contributed by atoms with E-state index in [1.54, 1.807) is 11.8 Å². The van der Waals surface area contributed by atoms with Gasteiger partial charge in [0, 0.05) is 10.6 Å². The summed E-state index contributed by atoms with van der Waals surface area (Å²) >= 11 is 1.67. The van der Waals surface area contributed by atoms with Gasteiger partial charge in [0.15, 0.2) is 0 Å². The van der Waals surface area contributed by atoms with Gasteiger partial charge in [-0.25, -0.2) is 4.79 Å². The second-order valence-electron chi connectivity index (χ2n) is 3.88. The minimum absolute atomic E-state index is 0.0603. The zero-order valence-electron chi connectivity index (χ0n) is 8.43. The lowest BCUT2D eigenvalue weighted by Crippen LogP contribution is -2.52. The van der Waals surface area contributed by atoms with Crippen molar-refractivity contribution in [2.75, 3.05) is 5.75 Å². The van der Waals surface area contributed by atoms with Crippen molar-refractivity contribution < 1.29 is 9.90 Å². The molecule has 0 aliphatic carbocycles. The molecule has 1 heterocycles. The Labute approximate surface area is 92.7 Å². The molecule has 0 bridgehead atoms. The monoisotopic (exact) mass is 223 g/mol. The zero-order valence-corrected chi connectivity index (χ0v) is 9.25. The van der Waals surface area contributed by atoms with Crippen LogP contribution in [0.3, 0.4) is 0 Å². The first-order valence-electron chi connectivity index (χ1n) is 4.81. The Hall–Kier alpha value is -1.00. The van der Waals surface area contributed by atoms with Crippen LogP contribution in [0.15, 0.2) is 29.2 Å². The van der Waals surface area contributed by atoms with Crippen LogP contribution in [0.1, 0.15) is 12.5 Å².